The molecule has 0 saturated carbocycles. The zero-order chi connectivity index (χ0) is 28.8. The number of allylic oxidation sites excluding steroid dienone is 3. The summed E-state index contributed by atoms with van der Waals surface area (Å²) in [5, 5.41) is 9.34. The summed E-state index contributed by atoms with van der Waals surface area (Å²) in [6.45, 7) is 20.1. The van der Waals surface area contributed by atoms with Gasteiger partial charge in [0.2, 0.25) is 5.79 Å². The van der Waals surface area contributed by atoms with Crippen molar-refractivity contribution in [3.8, 4) is 0 Å². The van der Waals surface area contributed by atoms with Crippen LogP contribution < -0.4 is 16.0 Å². The van der Waals surface area contributed by atoms with Gasteiger partial charge in [-0.2, -0.15) is 0 Å². The molecule has 0 fully saturated rings. The average molecular weight is 528 g/mol. The van der Waals surface area contributed by atoms with Crippen LogP contribution in [0.25, 0.3) is 0 Å². The molecule has 3 N–H and O–H groups in total. The molecule has 0 aromatic heterocycles. The number of ketones is 2. The molecule has 0 saturated heterocycles. The Morgan fingerprint density at radius 1 is 1.08 bits per heavy atom. The first kappa shape index (κ1) is 33.3. The fourth-order valence-electron chi connectivity index (χ4n) is 4.33. The van der Waals surface area contributed by atoms with Gasteiger partial charge in [0.15, 0.2) is 5.78 Å². The van der Waals surface area contributed by atoms with Crippen molar-refractivity contribution in [2.24, 2.45) is 11.3 Å². The Morgan fingerprint density at radius 3 is 2.29 bits per heavy atom. The van der Waals surface area contributed by atoms with Gasteiger partial charge >= 0.3 is 0 Å². The van der Waals surface area contributed by atoms with Gasteiger partial charge in [0, 0.05) is 37.2 Å². The van der Waals surface area contributed by atoms with Crippen LogP contribution in [-0.4, -0.2) is 30.1 Å². The SMILES string of the molecule is C=C/C=C\C(=C)NCCCCCC(=O)C(F)(CC(C)C)NC(CC(C)=O)Nc1ccc(CC(C)(C)C)cc1. The molecule has 212 valence electrons. The molecule has 0 radical (unpaired) electrons. The number of carbonyl (C=O) groups is 2. The second-order valence-corrected chi connectivity index (χ2v) is 11.9. The first-order valence-electron chi connectivity index (χ1n) is 13.8. The number of rotatable bonds is 19. The lowest BCUT2D eigenvalue weighted by Gasteiger charge is -2.32. The molecule has 2 atom stereocenters. The molecule has 6 heteroatoms. The number of halogens is 1. The number of nitrogens with one attached hydrogen (secondary N) is 3. The van der Waals surface area contributed by atoms with Crippen LogP contribution >= 0.6 is 0 Å². The van der Waals surface area contributed by atoms with Crippen LogP contribution in [0.4, 0.5) is 10.1 Å². The third-order valence-electron chi connectivity index (χ3n) is 5.92. The Morgan fingerprint density at radius 2 is 1.74 bits per heavy atom. The number of benzene rings is 1. The fraction of sp³-hybridized carbons (Fsp3) is 0.562. The highest BCUT2D eigenvalue weighted by Gasteiger charge is 2.40. The predicted octanol–water partition coefficient (Wildman–Crippen LogP) is 7.27. The maximum atomic E-state index is 16.2. The number of carbonyl (C=O) groups excluding carboxylic acids is 2. The number of alkyl halides is 1. The molecule has 2 unspecified atom stereocenters. The number of anilines is 1. The van der Waals surface area contributed by atoms with Crippen LogP contribution in [0.1, 0.15) is 85.6 Å². The minimum atomic E-state index is -2.21. The summed E-state index contributed by atoms with van der Waals surface area (Å²) >= 11 is 0. The van der Waals surface area contributed by atoms with Crippen molar-refractivity contribution in [2.75, 3.05) is 11.9 Å². The maximum Gasteiger partial charge on any atom is 0.222 e. The van der Waals surface area contributed by atoms with E-state index in [1.807, 2.05) is 50.3 Å². The lowest BCUT2D eigenvalue weighted by Crippen LogP contribution is -2.56. The largest absolute Gasteiger partial charge is 0.386 e. The van der Waals surface area contributed by atoms with Gasteiger partial charge in [0.1, 0.15) is 5.78 Å². The number of Topliss-reactive ketones (excluding diaryl/α,β-unsaturated/α-hetero) is 2. The number of hydrogen-bond acceptors (Lipinski definition) is 5. The van der Waals surface area contributed by atoms with Gasteiger partial charge in [-0.1, -0.05) is 78.5 Å². The van der Waals surface area contributed by atoms with E-state index in [2.05, 4.69) is 49.9 Å². The number of hydrogen-bond donors (Lipinski definition) is 3. The summed E-state index contributed by atoms with van der Waals surface area (Å²) < 4.78 is 16.2. The summed E-state index contributed by atoms with van der Waals surface area (Å²) in [6.07, 6.45) is 8.08. The van der Waals surface area contributed by atoms with Gasteiger partial charge < -0.3 is 10.6 Å². The van der Waals surface area contributed by atoms with Crippen LogP contribution in [0, 0.1) is 11.3 Å². The van der Waals surface area contributed by atoms with Crippen LogP contribution in [-0.2, 0) is 16.0 Å². The minimum absolute atomic E-state index is 0.0371. The quantitative estimate of drug-likeness (QED) is 0.0764. The molecule has 0 aliphatic rings. The molecule has 0 bridgehead atoms. The van der Waals surface area contributed by atoms with E-state index in [9.17, 15) is 9.59 Å². The highest BCUT2D eigenvalue weighted by atomic mass is 19.1. The molecule has 5 nitrogen and oxygen atoms in total. The van der Waals surface area contributed by atoms with E-state index in [1.165, 1.54) is 12.5 Å². The molecule has 0 amide bonds. The minimum Gasteiger partial charge on any atom is -0.386 e. The smallest absolute Gasteiger partial charge is 0.222 e. The lowest BCUT2D eigenvalue weighted by molar-refractivity contribution is -0.135. The fourth-order valence-corrected chi connectivity index (χ4v) is 4.33. The second-order valence-electron chi connectivity index (χ2n) is 11.9. The van der Waals surface area contributed by atoms with E-state index < -0.39 is 17.7 Å². The summed E-state index contributed by atoms with van der Waals surface area (Å²) in [4.78, 5) is 25.1. The van der Waals surface area contributed by atoms with E-state index in [4.69, 9.17) is 0 Å². The molecule has 0 spiro atoms. The first-order chi connectivity index (χ1) is 17.7. The summed E-state index contributed by atoms with van der Waals surface area (Å²) in [5.74, 6) is -2.80. The van der Waals surface area contributed by atoms with Gasteiger partial charge in [0.25, 0.3) is 0 Å². The van der Waals surface area contributed by atoms with Gasteiger partial charge in [0.05, 0.1) is 6.17 Å². The third-order valence-corrected chi connectivity index (χ3v) is 5.92. The topological polar surface area (TPSA) is 70.2 Å². The van der Waals surface area contributed by atoms with E-state index in [1.54, 1.807) is 6.08 Å². The van der Waals surface area contributed by atoms with Crippen molar-refractivity contribution >= 4 is 17.3 Å². The van der Waals surface area contributed by atoms with Crippen molar-refractivity contribution in [1.29, 1.82) is 0 Å². The van der Waals surface area contributed by atoms with Gasteiger partial charge in [-0.3, -0.25) is 14.9 Å². The molecule has 38 heavy (non-hydrogen) atoms. The Bertz CT molecular complexity index is 931. The molecule has 1 aromatic carbocycles. The molecule has 0 aliphatic carbocycles. The van der Waals surface area contributed by atoms with Crippen LogP contribution in [0.2, 0.25) is 0 Å². The highest BCUT2D eigenvalue weighted by molar-refractivity contribution is 5.87. The first-order valence-corrected chi connectivity index (χ1v) is 13.8. The molecule has 0 aliphatic heterocycles. The Balaban J connectivity index is 2.80. The second kappa shape index (κ2) is 16.3. The summed E-state index contributed by atoms with van der Waals surface area (Å²) in [6, 6.07) is 7.96. The van der Waals surface area contributed by atoms with E-state index in [0.717, 1.165) is 37.2 Å². The third kappa shape index (κ3) is 14.3. The van der Waals surface area contributed by atoms with Gasteiger partial charge in [-0.15, -0.1) is 0 Å². The molecule has 1 aromatic rings. The highest BCUT2D eigenvalue weighted by Crippen LogP contribution is 2.26. The lowest BCUT2D eigenvalue weighted by atomic mass is 9.88. The normalized spacial score (nSPS) is 14.2. The number of unbranched alkanes of at least 4 members (excludes halogenated alkanes) is 2. The van der Waals surface area contributed by atoms with Crippen molar-refractivity contribution in [3.63, 3.8) is 0 Å². The van der Waals surface area contributed by atoms with Crippen molar-refractivity contribution in [1.82, 2.24) is 10.6 Å². The standard InChI is InChI=1S/C32H50FN3O2/c1-9-10-14-25(4)34-20-13-11-12-15-29(38)32(33,22-24(2)3)36-30(21-26(5)37)35-28-18-16-27(17-19-28)23-31(6,7)8/h9-10,14,16-19,24,30,34-36H,1,4,11-13,15,20-23H2,2-3,5-8H3/b14-10-. The monoisotopic (exact) mass is 527 g/mol. The Kier molecular flexibility index (Phi) is 14.3. The average Bonchev–Trinajstić information content (AvgIpc) is 2.79. The summed E-state index contributed by atoms with van der Waals surface area (Å²) in [5.41, 5.74) is 2.96. The van der Waals surface area contributed by atoms with Crippen LogP contribution in [0.3, 0.4) is 0 Å². The molecular formula is C32H50FN3O2. The predicted molar refractivity (Wildman–Crippen MR) is 159 cm³/mol. The van der Waals surface area contributed by atoms with E-state index >= 15 is 4.39 Å². The van der Waals surface area contributed by atoms with E-state index in [0.29, 0.717) is 6.42 Å². The molecule has 1 rings (SSSR count). The maximum absolute atomic E-state index is 16.2. The zero-order valence-electron chi connectivity index (χ0n) is 24.5. The van der Waals surface area contributed by atoms with Crippen LogP contribution in [0.15, 0.2) is 61.3 Å². The summed E-state index contributed by atoms with van der Waals surface area (Å²) in [7, 11) is 0. The zero-order valence-corrected chi connectivity index (χ0v) is 24.5. The Labute approximate surface area is 230 Å². The van der Waals surface area contributed by atoms with Crippen molar-refractivity contribution in [3.05, 3.63) is 66.9 Å². The molecular weight excluding hydrogens is 477 g/mol. The van der Waals surface area contributed by atoms with Gasteiger partial charge in [-0.25, -0.2) is 4.39 Å². The molecule has 0 heterocycles. The van der Waals surface area contributed by atoms with Crippen molar-refractivity contribution in [2.45, 2.75) is 98.4 Å². The van der Waals surface area contributed by atoms with E-state index in [-0.39, 0.29) is 36.4 Å². The Hall–Kier alpha value is -2.73. The van der Waals surface area contributed by atoms with Gasteiger partial charge in [-0.05, 0) is 61.3 Å². The van der Waals surface area contributed by atoms with Crippen LogP contribution in [0.5, 0.6) is 0 Å². The van der Waals surface area contributed by atoms with Crippen molar-refractivity contribution < 1.29 is 14.0 Å².